The van der Waals surface area contributed by atoms with E-state index in [1.807, 2.05) is 13.8 Å². The van der Waals surface area contributed by atoms with Crippen LogP contribution in [0.25, 0.3) is 5.82 Å². The Kier molecular flexibility index (Phi) is 3.74. The van der Waals surface area contributed by atoms with E-state index in [4.69, 9.17) is 0 Å². The van der Waals surface area contributed by atoms with Gasteiger partial charge in [0.2, 0.25) is 0 Å². The Bertz CT molecular complexity index is 594. The van der Waals surface area contributed by atoms with Gasteiger partial charge >= 0.3 is 0 Å². The molecule has 0 bridgehead atoms. The van der Waals surface area contributed by atoms with Crippen molar-refractivity contribution in [2.45, 2.75) is 20.3 Å². The standard InChI is InChI=1S/C12H15N5O2/c1-3-4-14-11-7-10(17(18)19)8-12(15-11)16-6-5-13-9(16)2/h5-8H,3-4H2,1-2H3,(H,14,15). The molecule has 7 heteroatoms. The molecule has 0 atom stereocenters. The minimum Gasteiger partial charge on any atom is -0.370 e. The van der Waals surface area contributed by atoms with E-state index in [2.05, 4.69) is 15.3 Å². The van der Waals surface area contributed by atoms with E-state index < -0.39 is 4.92 Å². The van der Waals surface area contributed by atoms with Crippen molar-refractivity contribution in [3.63, 3.8) is 0 Å². The first kappa shape index (κ1) is 13.0. The fourth-order valence-electron chi connectivity index (χ4n) is 1.69. The third kappa shape index (κ3) is 2.87. The highest BCUT2D eigenvalue weighted by Gasteiger charge is 2.13. The largest absolute Gasteiger partial charge is 0.370 e. The lowest BCUT2D eigenvalue weighted by Gasteiger charge is -2.08. The zero-order chi connectivity index (χ0) is 13.8. The van der Waals surface area contributed by atoms with Crippen LogP contribution in [-0.2, 0) is 0 Å². The third-order valence-electron chi connectivity index (χ3n) is 2.64. The average molecular weight is 261 g/mol. The number of nitrogens with one attached hydrogen (secondary N) is 1. The first-order valence-electron chi connectivity index (χ1n) is 6.02. The van der Waals surface area contributed by atoms with Gasteiger partial charge in [0, 0.05) is 18.9 Å². The van der Waals surface area contributed by atoms with Gasteiger partial charge in [0.15, 0.2) is 0 Å². The highest BCUT2D eigenvalue weighted by atomic mass is 16.6. The molecule has 2 rings (SSSR count). The van der Waals surface area contributed by atoms with Crippen LogP contribution in [0.4, 0.5) is 11.5 Å². The van der Waals surface area contributed by atoms with Gasteiger partial charge in [0.1, 0.15) is 17.5 Å². The van der Waals surface area contributed by atoms with E-state index in [1.165, 1.54) is 12.1 Å². The summed E-state index contributed by atoms with van der Waals surface area (Å²) in [7, 11) is 0. The molecular formula is C12H15N5O2. The minimum atomic E-state index is -0.422. The molecule has 100 valence electrons. The molecule has 7 nitrogen and oxygen atoms in total. The Hall–Kier alpha value is -2.44. The maximum absolute atomic E-state index is 11.0. The molecule has 0 radical (unpaired) electrons. The monoisotopic (exact) mass is 261 g/mol. The fraction of sp³-hybridized carbons (Fsp3) is 0.333. The van der Waals surface area contributed by atoms with Crippen molar-refractivity contribution in [1.82, 2.24) is 14.5 Å². The van der Waals surface area contributed by atoms with E-state index >= 15 is 0 Å². The van der Waals surface area contributed by atoms with Crippen LogP contribution in [0.1, 0.15) is 19.2 Å². The minimum absolute atomic E-state index is 0.0108. The van der Waals surface area contributed by atoms with Crippen LogP contribution in [-0.4, -0.2) is 26.0 Å². The summed E-state index contributed by atoms with van der Waals surface area (Å²) in [6.45, 7) is 4.56. The SMILES string of the molecule is CCCNc1cc([N+](=O)[O-])cc(-n2ccnc2C)n1. The van der Waals surface area contributed by atoms with E-state index in [0.717, 1.165) is 18.8 Å². The second-order valence-electron chi connectivity index (χ2n) is 4.10. The lowest BCUT2D eigenvalue weighted by Crippen LogP contribution is -2.06. The maximum Gasteiger partial charge on any atom is 0.276 e. The molecule has 0 saturated carbocycles. The molecule has 0 amide bonds. The van der Waals surface area contributed by atoms with Gasteiger partial charge in [-0.2, -0.15) is 0 Å². The second kappa shape index (κ2) is 5.47. The smallest absolute Gasteiger partial charge is 0.276 e. The van der Waals surface area contributed by atoms with E-state index in [-0.39, 0.29) is 5.69 Å². The zero-order valence-corrected chi connectivity index (χ0v) is 10.8. The molecule has 2 aromatic rings. The van der Waals surface area contributed by atoms with E-state index in [1.54, 1.807) is 17.0 Å². The van der Waals surface area contributed by atoms with Crippen molar-refractivity contribution in [2.75, 3.05) is 11.9 Å². The molecule has 0 unspecified atom stereocenters. The lowest BCUT2D eigenvalue weighted by atomic mass is 10.3. The van der Waals surface area contributed by atoms with Gasteiger partial charge in [-0.05, 0) is 13.3 Å². The Morgan fingerprint density at radius 3 is 2.84 bits per heavy atom. The molecule has 0 fully saturated rings. The molecule has 19 heavy (non-hydrogen) atoms. The first-order chi connectivity index (χ1) is 9.11. The first-order valence-corrected chi connectivity index (χ1v) is 6.02. The van der Waals surface area contributed by atoms with E-state index in [0.29, 0.717) is 11.6 Å². The van der Waals surface area contributed by atoms with Gasteiger partial charge in [-0.25, -0.2) is 9.97 Å². The van der Waals surface area contributed by atoms with Crippen LogP contribution in [0.3, 0.4) is 0 Å². The molecule has 2 aromatic heterocycles. The third-order valence-corrected chi connectivity index (χ3v) is 2.64. The number of nitrogens with zero attached hydrogens (tertiary/aromatic N) is 4. The number of pyridine rings is 1. The van der Waals surface area contributed by atoms with Gasteiger partial charge in [-0.15, -0.1) is 0 Å². The van der Waals surface area contributed by atoms with E-state index in [9.17, 15) is 10.1 Å². The molecule has 0 aromatic carbocycles. The van der Waals surface area contributed by atoms with Crippen LogP contribution in [0, 0.1) is 17.0 Å². The van der Waals surface area contributed by atoms with Gasteiger partial charge < -0.3 is 5.32 Å². The zero-order valence-electron chi connectivity index (χ0n) is 10.8. The molecule has 0 aliphatic heterocycles. The Labute approximate surface area is 110 Å². The molecule has 0 spiro atoms. The Morgan fingerprint density at radius 1 is 1.47 bits per heavy atom. The van der Waals surface area contributed by atoms with Gasteiger partial charge in [0.25, 0.3) is 5.69 Å². The summed E-state index contributed by atoms with van der Waals surface area (Å²) in [6.07, 6.45) is 4.28. The number of hydrogen-bond acceptors (Lipinski definition) is 5. The van der Waals surface area contributed by atoms with Gasteiger partial charge in [-0.3, -0.25) is 14.7 Å². The summed E-state index contributed by atoms with van der Waals surface area (Å²) in [5.74, 6) is 1.72. The highest BCUT2D eigenvalue weighted by molar-refractivity contribution is 5.50. The summed E-state index contributed by atoms with van der Waals surface area (Å²) in [4.78, 5) is 19.0. The number of rotatable bonds is 5. The summed E-state index contributed by atoms with van der Waals surface area (Å²) >= 11 is 0. The number of aryl methyl sites for hydroxylation is 1. The summed E-state index contributed by atoms with van der Waals surface area (Å²) in [6, 6.07) is 2.87. The number of nitro groups is 1. The molecule has 0 aliphatic carbocycles. The second-order valence-corrected chi connectivity index (χ2v) is 4.10. The van der Waals surface area contributed by atoms with Crippen LogP contribution in [0.2, 0.25) is 0 Å². The van der Waals surface area contributed by atoms with Crippen LogP contribution in [0.5, 0.6) is 0 Å². The Balaban J connectivity index is 2.45. The number of imidazole rings is 1. The van der Waals surface area contributed by atoms with Crippen molar-refractivity contribution in [2.24, 2.45) is 0 Å². The topological polar surface area (TPSA) is 85.9 Å². The van der Waals surface area contributed by atoms with Crippen molar-refractivity contribution in [3.8, 4) is 5.82 Å². The summed E-state index contributed by atoms with van der Waals surface area (Å²) in [5, 5.41) is 14.0. The molecule has 1 N–H and O–H groups in total. The lowest BCUT2D eigenvalue weighted by molar-refractivity contribution is -0.384. The molecule has 0 aliphatic rings. The highest BCUT2D eigenvalue weighted by Crippen LogP contribution is 2.20. The van der Waals surface area contributed by atoms with Crippen LogP contribution >= 0.6 is 0 Å². The predicted molar refractivity (Wildman–Crippen MR) is 71.5 cm³/mol. The summed E-state index contributed by atoms with van der Waals surface area (Å²) in [5.41, 5.74) is 0.0108. The molecular weight excluding hydrogens is 246 g/mol. The predicted octanol–water partition coefficient (Wildman–Crippen LogP) is 2.31. The fourth-order valence-corrected chi connectivity index (χ4v) is 1.69. The van der Waals surface area contributed by atoms with Crippen molar-refractivity contribution < 1.29 is 4.92 Å². The molecule has 0 saturated heterocycles. The Morgan fingerprint density at radius 2 is 2.26 bits per heavy atom. The van der Waals surface area contributed by atoms with Gasteiger partial charge in [0.05, 0.1) is 17.1 Å². The number of aromatic nitrogens is 3. The normalized spacial score (nSPS) is 10.4. The quantitative estimate of drug-likeness (QED) is 0.659. The van der Waals surface area contributed by atoms with Crippen molar-refractivity contribution >= 4 is 11.5 Å². The van der Waals surface area contributed by atoms with Gasteiger partial charge in [-0.1, -0.05) is 6.92 Å². The summed E-state index contributed by atoms with van der Waals surface area (Å²) < 4.78 is 1.71. The maximum atomic E-state index is 11.0. The average Bonchev–Trinajstić information content (AvgIpc) is 2.82. The van der Waals surface area contributed by atoms with Crippen LogP contribution in [0.15, 0.2) is 24.5 Å². The number of hydrogen-bond donors (Lipinski definition) is 1. The van der Waals surface area contributed by atoms with Crippen molar-refractivity contribution in [1.29, 1.82) is 0 Å². The van der Waals surface area contributed by atoms with Crippen LogP contribution < -0.4 is 5.32 Å². The molecule has 2 heterocycles. The number of anilines is 1. The van der Waals surface area contributed by atoms with Crippen molar-refractivity contribution in [3.05, 3.63) is 40.5 Å².